The number of thiazole rings is 1. The summed E-state index contributed by atoms with van der Waals surface area (Å²) in [5.74, 6) is -0.0451. The molecule has 2 aliphatic rings. The van der Waals surface area contributed by atoms with Crippen LogP contribution < -0.4 is 0 Å². The summed E-state index contributed by atoms with van der Waals surface area (Å²) < 4.78 is 7.64. The highest BCUT2D eigenvalue weighted by Crippen LogP contribution is 2.35. The molecular formula is C18H24N4O3S. The molecule has 2 saturated heterocycles. The van der Waals surface area contributed by atoms with Crippen molar-refractivity contribution in [1.82, 2.24) is 19.2 Å². The Hall–Kier alpha value is -2.09. The molecule has 8 heteroatoms. The van der Waals surface area contributed by atoms with Gasteiger partial charge in [0.25, 0.3) is 5.91 Å². The molecule has 4 rings (SSSR count). The quantitative estimate of drug-likeness (QED) is 0.823. The minimum Gasteiger partial charge on any atom is -0.441 e. The number of ether oxygens (including phenoxy) is 1. The van der Waals surface area contributed by atoms with Crippen LogP contribution in [-0.2, 0) is 4.74 Å². The first-order chi connectivity index (χ1) is 12.5. The van der Waals surface area contributed by atoms with Crippen LogP contribution in [0.15, 0.2) is 17.8 Å². The monoisotopic (exact) mass is 376 g/mol. The van der Waals surface area contributed by atoms with Gasteiger partial charge in [0, 0.05) is 49.7 Å². The molecule has 140 valence electrons. The second kappa shape index (κ2) is 6.57. The number of aromatic nitrogens is 2. The zero-order valence-corrected chi connectivity index (χ0v) is 16.0. The highest BCUT2D eigenvalue weighted by Gasteiger charge is 2.48. The third-order valence-corrected chi connectivity index (χ3v) is 6.28. The van der Waals surface area contributed by atoms with Crippen LogP contribution >= 0.6 is 11.3 Å². The molecule has 2 aromatic heterocycles. The Balaban J connectivity index is 1.40. The van der Waals surface area contributed by atoms with Crippen LogP contribution in [0.3, 0.4) is 0 Å². The fourth-order valence-electron chi connectivity index (χ4n) is 3.93. The molecule has 0 bridgehead atoms. The normalized spacial score (nSPS) is 20.8. The molecular weight excluding hydrogens is 352 g/mol. The third-order valence-electron chi connectivity index (χ3n) is 5.51. The average Bonchev–Trinajstić information content (AvgIpc) is 3.29. The van der Waals surface area contributed by atoms with Gasteiger partial charge in [-0.25, -0.2) is 9.78 Å². The van der Waals surface area contributed by atoms with E-state index in [1.54, 1.807) is 6.20 Å². The summed E-state index contributed by atoms with van der Waals surface area (Å²) in [6.45, 7) is 6.01. The summed E-state index contributed by atoms with van der Waals surface area (Å²) >= 11 is 1.51. The van der Waals surface area contributed by atoms with Gasteiger partial charge in [0.1, 0.15) is 11.3 Å². The molecule has 1 unspecified atom stereocenters. The Kier molecular flexibility index (Phi) is 4.38. The van der Waals surface area contributed by atoms with Gasteiger partial charge in [-0.05, 0) is 13.3 Å². The van der Waals surface area contributed by atoms with Gasteiger partial charge in [-0.1, -0.05) is 13.3 Å². The van der Waals surface area contributed by atoms with Crippen molar-refractivity contribution in [3.05, 3.63) is 23.5 Å². The lowest BCUT2D eigenvalue weighted by Gasteiger charge is -2.37. The lowest BCUT2D eigenvalue weighted by atomic mass is 9.91. The van der Waals surface area contributed by atoms with Crippen LogP contribution in [-0.4, -0.2) is 62.5 Å². The standard InChI is InChI=1S/C18H24N4O3S/c1-3-4-13(2)22-12-18(25-17(22)24)5-7-20(8-6-18)15(23)14-11-21-9-10-26-16(21)19-14/h9-11,13H,3-8,12H2,1-2H3. The summed E-state index contributed by atoms with van der Waals surface area (Å²) in [5, 5.41) is 1.95. The van der Waals surface area contributed by atoms with Crippen molar-refractivity contribution >= 4 is 28.3 Å². The topological polar surface area (TPSA) is 67.2 Å². The minimum absolute atomic E-state index is 0.0451. The minimum atomic E-state index is -0.440. The van der Waals surface area contributed by atoms with Crippen LogP contribution in [0.1, 0.15) is 50.0 Å². The smallest absolute Gasteiger partial charge is 0.410 e. The predicted octanol–water partition coefficient (Wildman–Crippen LogP) is 3.01. The van der Waals surface area contributed by atoms with Gasteiger partial charge in [0.15, 0.2) is 4.96 Å². The van der Waals surface area contributed by atoms with E-state index in [0.717, 1.165) is 17.8 Å². The molecule has 0 radical (unpaired) electrons. The van der Waals surface area contributed by atoms with Crippen molar-refractivity contribution in [3.8, 4) is 0 Å². The summed E-state index contributed by atoms with van der Waals surface area (Å²) in [6, 6.07) is 0.199. The molecule has 0 aliphatic carbocycles. The van der Waals surface area contributed by atoms with E-state index in [-0.39, 0.29) is 18.0 Å². The number of likely N-dealkylation sites (tertiary alicyclic amines) is 1. The van der Waals surface area contributed by atoms with Crippen LogP contribution in [0.5, 0.6) is 0 Å². The van der Waals surface area contributed by atoms with Gasteiger partial charge in [0.05, 0.1) is 6.54 Å². The van der Waals surface area contributed by atoms with Gasteiger partial charge in [0.2, 0.25) is 0 Å². The Morgan fingerprint density at radius 1 is 1.42 bits per heavy atom. The lowest BCUT2D eigenvalue weighted by Crippen LogP contribution is -2.49. The number of carbonyl (C=O) groups excluding carboxylic acids is 2. The fourth-order valence-corrected chi connectivity index (χ4v) is 4.63. The highest BCUT2D eigenvalue weighted by molar-refractivity contribution is 7.15. The maximum absolute atomic E-state index is 12.7. The number of rotatable bonds is 4. The van der Waals surface area contributed by atoms with E-state index in [1.807, 2.05) is 25.8 Å². The number of fused-ring (bicyclic) bond motifs is 1. The molecule has 26 heavy (non-hydrogen) atoms. The second-order valence-electron chi connectivity index (χ2n) is 7.33. The summed E-state index contributed by atoms with van der Waals surface area (Å²) in [6.07, 6.45) is 6.86. The van der Waals surface area contributed by atoms with E-state index in [0.29, 0.717) is 38.2 Å². The Morgan fingerprint density at radius 3 is 2.88 bits per heavy atom. The van der Waals surface area contributed by atoms with Crippen LogP contribution in [0.25, 0.3) is 4.96 Å². The molecule has 2 fully saturated rings. The molecule has 1 spiro atoms. The SMILES string of the molecule is CCCC(C)N1CC2(CCN(C(=O)c3cn4ccsc4n3)CC2)OC1=O. The molecule has 2 aliphatic heterocycles. The number of piperidine rings is 1. The van der Waals surface area contributed by atoms with Gasteiger partial charge in [-0.15, -0.1) is 11.3 Å². The maximum atomic E-state index is 12.7. The fraction of sp³-hybridized carbons (Fsp3) is 0.611. The van der Waals surface area contributed by atoms with Gasteiger partial charge >= 0.3 is 6.09 Å². The van der Waals surface area contributed by atoms with Gasteiger partial charge in [-0.2, -0.15) is 0 Å². The Morgan fingerprint density at radius 2 is 2.19 bits per heavy atom. The zero-order valence-electron chi connectivity index (χ0n) is 15.2. The van der Waals surface area contributed by atoms with Crippen LogP contribution in [0, 0.1) is 0 Å². The number of carbonyl (C=O) groups is 2. The molecule has 0 saturated carbocycles. The number of hydrogen-bond donors (Lipinski definition) is 0. The van der Waals surface area contributed by atoms with Crippen LogP contribution in [0.2, 0.25) is 0 Å². The van der Waals surface area contributed by atoms with Gasteiger partial charge in [-0.3, -0.25) is 9.20 Å². The molecule has 4 heterocycles. The van der Waals surface area contributed by atoms with Crippen LogP contribution in [0.4, 0.5) is 4.79 Å². The number of imidazole rings is 1. The van der Waals surface area contributed by atoms with Crippen molar-refractivity contribution in [3.63, 3.8) is 0 Å². The van der Waals surface area contributed by atoms with Crippen molar-refractivity contribution in [1.29, 1.82) is 0 Å². The third kappa shape index (κ3) is 2.96. The Bertz CT molecular complexity index is 793. The first-order valence-electron chi connectivity index (χ1n) is 9.22. The van der Waals surface area contributed by atoms with E-state index in [1.165, 1.54) is 11.3 Å². The second-order valence-corrected chi connectivity index (χ2v) is 8.20. The number of amides is 2. The zero-order chi connectivity index (χ0) is 18.3. The van der Waals surface area contributed by atoms with E-state index in [4.69, 9.17) is 4.74 Å². The summed E-state index contributed by atoms with van der Waals surface area (Å²) in [7, 11) is 0. The largest absolute Gasteiger partial charge is 0.441 e. The van der Waals surface area contributed by atoms with Crippen molar-refractivity contribution in [2.45, 2.75) is 51.2 Å². The van der Waals surface area contributed by atoms with E-state index >= 15 is 0 Å². The Labute approximate surface area is 156 Å². The van der Waals surface area contributed by atoms with Crippen molar-refractivity contribution in [2.75, 3.05) is 19.6 Å². The lowest BCUT2D eigenvalue weighted by molar-refractivity contribution is 0.00291. The first-order valence-corrected chi connectivity index (χ1v) is 10.1. The number of hydrogen-bond acceptors (Lipinski definition) is 5. The summed E-state index contributed by atoms with van der Waals surface area (Å²) in [4.78, 5) is 33.9. The summed E-state index contributed by atoms with van der Waals surface area (Å²) in [5.41, 5.74) is 0.0409. The van der Waals surface area contributed by atoms with Crippen molar-refractivity contribution in [2.24, 2.45) is 0 Å². The molecule has 0 N–H and O–H groups in total. The van der Waals surface area contributed by atoms with E-state index in [9.17, 15) is 9.59 Å². The molecule has 7 nitrogen and oxygen atoms in total. The highest BCUT2D eigenvalue weighted by atomic mass is 32.1. The maximum Gasteiger partial charge on any atom is 0.410 e. The molecule has 2 aromatic rings. The average molecular weight is 376 g/mol. The molecule has 2 amide bonds. The molecule has 0 aromatic carbocycles. The van der Waals surface area contributed by atoms with E-state index < -0.39 is 5.60 Å². The van der Waals surface area contributed by atoms with Gasteiger partial charge < -0.3 is 14.5 Å². The van der Waals surface area contributed by atoms with E-state index in [2.05, 4.69) is 18.8 Å². The predicted molar refractivity (Wildman–Crippen MR) is 98.5 cm³/mol. The molecule has 1 atom stereocenters. The van der Waals surface area contributed by atoms with Crippen molar-refractivity contribution < 1.29 is 14.3 Å². The first kappa shape index (κ1) is 17.3. The number of nitrogens with zero attached hydrogens (tertiary/aromatic N) is 4.